The van der Waals surface area contributed by atoms with Gasteiger partial charge in [-0.15, -0.1) is 23.1 Å². The summed E-state index contributed by atoms with van der Waals surface area (Å²) >= 11 is 3.88. The number of fused-ring (bicyclic) bond motifs is 2. The second kappa shape index (κ2) is 5.01. The van der Waals surface area contributed by atoms with E-state index < -0.39 is 0 Å². The third kappa shape index (κ3) is 2.21. The van der Waals surface area contributed by atoms with Crippen LogP contribution in [-0.2, 0) is 6.42 Å². The Hall–Kier alpha value is -1.13. The van der Waals surface area contributed by atoms with Crippen molar-refractivity contribution >= 4 is 28.8 Å². The highest BCUT2D eigenvalue weighted by Gasteiger charge is 2.26. The van der Waals surface area contributed by atoms with Crippen molar-refractivity contribution in [3.63, 3.8) is 0 Å². The van der Waals surface area contributed by atoms with E-state index in [0.29, 0.717) is 11.3 Å². The van der Waals surface area contributed by atoms with Gasteiger partial charge in [0, 0.05) is 17.4 Å². The summed E-state index contributed by atoms with van der Waals surface area (Å²) in [6.45, 7) is 3.14. The maximum atomic E-state index is 5.57. The van der Waals surface area contributed by atoms with Gasteiger partial charge in [0.15, 0.2) is 0 Å². The molecule has 20 heavy (non-hydrogen) atoms. The van der Waals surface area contributed by atoms with E-state index in [1.54, 1.807) is 0 Å². The number of hydrogen-bond acceptors (Lipinski definition) is 4. The third-order valence-electron chi connectivity index (χ3n) is 3.94. The quantitative estimate of drug-likeness (QED) is 0.867. The van der Waals surface area contributed by atoms with Crippen LogP contribution in [0.4, 0.5) is 5.69 Å². The van der Waals surface area contributed by atoms with E-state index in [1.165, 1.54) is 27.4 Å². The molecule has 2 nitrogen and oxygen atoms in total. The van der Waals surface area contributed by atoms with Crippen molar-refractivity contribution < 1.29 is 4.74 Å². The summed E-state index contributed by atoms with van der Waals surface area (Å²) in [6.07, 6.45) is 2.22. The van der Waals surface area contributed by atoms with Crippen molar-refractivity contribution in [1.29, 1.82) is 0 Å². The first-order chi connectivity index (χ1) is 9.79. The van der Waals surface area contributed by atoms with Crippen LogP contribution in [0.2, 0.25) is 0 Å². The molecule has 2 aliphatic heterocycles. The Balaban J connectivity index is 1.60. The molecule has 1 aromatic heterocycles. The highest BCUT2D eigenvalue weighted by Crippen LogP contribution is 2.45. The van der Waals surface area contributed by atoms with E-state index >= 15 is 0 Å². The van der Waals surface area contributed by atoms with Gasteiger partial charge < -0.3 is 10.1 Å². The second-order valence-corrected chi connectivity index (χ2v) is 8.07. The van der Waals surface area contributed by atoms with Crippen molar-refractivity contribution in [2.45, 2.75) is 35.3 Å². The molecular weight excluding hydrogens is 286 g/mol. The van der Waals surface area contributed by atoms with E-state index in [4.69, 9.17) is 4.74 Å². The van der Waals surface area contributed by atoms with Gasteiger partial charge in [0.25, 0.3) is 0 Å². The number of hydrogen-bond donors (Lipinski definition) is 1. The molecule has 0 aliphatic carbocycles. The van der Waals surface area contributed by atoms with Gasteiger partial charge in [-0.25, -0.2) is 0 Å². The van der Waals surface area contributed by atoms with Crippen LogP contribution in [0, 0.1) is 0 Å². The lowest BCUT2D eigenvalue weighted by molar-refractivity contribution is 0.357. The molecule has 2 aliphatic rings. The van der Waals surface area contributed by atoms with E-state index in [2.05, 4.69) is 41.9 Å². The molecule has 0 amide bonds. The zero-order chi connectivity index (χ0) is 13.5. The van der Waals surface area contributed by atoms with Crippen LogP contribution >= 0.6 is 23.1 Å². The molecule has 0 spiro atoms. The Morgan fingerprint density at radius 1 is 1.30 bits per heavy atom. The number of thioether (sulfide) groups is 1. The zero-order valence-corrected chi connectivity index (χ0v) is 13.0. The van der Waals surface area contributed by atoms with Crippen LogP contribution in [-0.4, -0.2) is 11.9 Å². The van der Waals surface area contributed by atoms with Crippen LogP contribution in [0.25, 0.3) is 0 Å². The maximum absolute atomic E-state index is 5.57. The Morgan fingerprint density at radius 3 is 3.20 bits per heavy atom. The molecule has 3 heterocycles. The molecular formula is C16H17NOS2. The Bertz CT molecular complexity index is 637. The van der Waals surface area contributed by atoms with Gasteiger partial charge in [0.1, 0.15) is 5.75 Å². The van der Waals surface area contributed by atoms with Crippen LogP contribution in [0.3, 0.4) is 0 Å². The number of rotatable bonds is 2. The van der Waals surface area contributed by atoms with Crippen LogP contribution in [0.1, 0.15) is 30.5 Å². The maximum Gasteiger partial charge on any atom is 0.122 e. The first-order valence-electron chi connectivity index (χ1n) is 7.06. The molecule has 2 atom stereocenters. The Kier molecular flexibility index (Phi) is 3.15. The molecule has 104 valence electrons. The molecule has 2 aromatic rings. The smallest absolute Gasteiger partial charge is 0.122 e. The first kappa shape index (κ1) is 12.6. The molecule has 4 heteroatoms. The fourth-order valence-electron chi connectivity index (χ4n) is 2.96. The molecule has 1 N–H and O–H groups in total. The summed E-state index contributed by atoms with van der Waals surface area (Å²) in [5.74, 6) is 1.05. The standard InChI is InChI=1S/C16H17NOS2/c1-10-8-14(13-5-7-19-16(13)20-10)17-12-2-3-15-11(9-12)4-6-18-15/h2-3,5,7,9-10,14,17H,4,6,8H2,1H3/t10-,14?/m0/s1. The lowest BCUT2D eigenvalue weighted by Gasteiger charge is -2.28. The zero-order valence-electron chi connectivity index (χ0n) is 11.4. The van der Waals surface area contributed by atoms with E-state index in [0.717, 1.165) is 18.8 Å². The molecule has 0 bridgehead atoms. The average Bonchev–Trinajstić information content (AvgIpc) is 3.05. The predicted molar refractivity (Wildman–Crippen MR) is 86.3 cm³/mol. The average molecular weight is 303 g/mol. The lowest BCUT2D eigenvalue weighted by atomic mass is 10.0. The monoisotopic (exact) mass is 303 g/mol. The van der Waals surface area contributed by atoms with Gasteiger partial charge >= 0.3 is 0 Å². The lowest BCUT2D eigenvalue weighted by Crippen LogP contribution is -2.19. The molecule has 0 radical (unpaired) electrons. The summed E-state index contributed by atoms with van der Waals surface area (Å²) in [5, 5.41) is 6.61. The minimum Gasteiger partial charge on any atom is -0.493 e. The van der Waals surface area contributed by atoms with Crippen molar-refractivity contribution in [3.05, 3.63) is 40.8 Å². The molecule has 0 fully saturated rings. The number of thiophene rings is 1. The van der Waals surface area contributed by atoms with E-state index in [-0.39, 0.29) is 0 Å². The highest BCUT2D eigenvalue weighted by atomic mass is 32.2. The van der Waals surface area contributed by atoms with Crippen LogP contribution in [0.15, 0.2) is 33.9 Å². The van der Waals surface area contributed by atoms with Crippen molar-refractivity contribution in [2.75, 3.05) is 11.9 Å². The Labute approximate surface area is 127 Å². The first-order valence-corrected chi connectivity index (χ1v) is 8.82. The molecule has 0 saturated heterocycles. The second-order valence-electron chi connectivity index (χ2n) is 5.45. The number of anilines is 1. The summed E-state index contributed by atoms with van der Waals surface area (Å²) in [4.78, 5) is 0. The largest absolute Gasteiger partial charge is 0.493 e. The van der Waals surface area contributed by atoms with Crippen LogP contribution < -0.4 is 10.1 Å². The van der Waals surface area contributed by atoms with E-state index in [9.17, 15) is 0 Å². The van der Waals surface area contributed by atoms with Crippen LogP contribution in [0.5, 0.6) is 5.75 Å². The summed E-state index contributed by atoms with van der Waals surface area (Å²) in [5.41, 5.74) is 4.02. The van der Waals surface area contributed by atoms with E-state index in [1.807, 2.05) is 23.1 Å². The number of ether oxygens (including phenoxy) is 1. The number of benzene rings is 1. The van der Waals surface area contributed by atoms with Crippen molar-refractivity contribution in [3.8, 4) is 5.75 Å². The van der Waals surface area contributed by atoms with Gasteiger partial charge in [0.2, 0.25) is 0 Å². The Morgan fingerprint density at radius 2 is 2.25 bits per heavy atom. The normalized spacial score (nSPS) is 23.9. The topological polar surface area (TPSA) is 21.3 Å². The third-order valence-corrected chi connectivity index (χ3v) is 6.28. The van der Waals surface area contributed by atoms with Gasteiger partial charge in [-0.2, -0.15) is 0 Å². The molecule has 4 rings (SSSR count). The van der Waals surface area contributed by atoms with Crippen molar-refractivity contribution in [1.82, 2.24) is 0 Å². The predicted octanol–water partition coefficient (Wildman–Crippen LogP) is 4.72. The van der Waals surface area contributed by atoms with Crippen molar-refractivity contribution in [2.24, 2.45) is 0 Å². The minimum absolute atomic E-state index is 0.438. The van der Waals surface area contributed by atoms with Gasteiger partial charge in [-0.05, 0) is 47.2 Å². The molecule has 1 aromatic carbocycles. The molecule has 0 saturated carbocycles. The number of nitrogens with one attached hydrogen (secondary N) is 1. The highest BCUT2D eigenvalue weighted by molar-refractivity contribution is 8.01. The minimum atomic E-state index is 0.438. The van der Waals surface area contributed by atoms with Gasteiger partial charge in [0.05, 0.1) is 16.9 Å². The summed E-state index contributed by atoms with van der Waals surface area (Å²) < 4.78 is 7.05. The molecule has 1 unspecified atom stereocenters. The SMILES string of the molecule is C[C@H]1CC(Nc2ccc3c(c2)CCO3)c2ccsc2S1. The fraction of sp³-hybridized carbons (Fsp3) is 0.375. The summed E-state index contributed by atoms with van der Waals surface area (Å²) in [7, 11) is 0. The van der Waals surface area contributed by atoms with Gasteiger partial charge in [-0.3, -0.25) is 0 Å². The summed E-state index contributed by atoms with van der Waals surface area (Å²) in [6, 6.07) is 9.20. The fourth-order valence-corrected chi connectivity index (χ4v) is 5.53. The van der Waals surface area contributed by atoms with Gasteiger partial charge in [-0.1, -0.05) is 6.92 Å².